The Bertz CT molecular complexity index is 997. The van der Waals surface area contributed by atoms with Gasteiger partial charge in [-0.1, -0.05) is 36.8 Å². The Hall–Kier alpha value is -2.16. The first-order chi connectivity index (χ1) is 19.6. The maximum atomic E-state index is 10.0. The van der Waals surface area contributed by atoms with Crippen LogP contribution in [0.15, 0.2) is 42.5 Å². The van der Waals surface area contributed by atoms with Crippen molar-refractivity contribution in [2.24, 2.45) is 5.92 Å². The predicted octanol–water partition coefficient (Wildman–Crippen LogP) is 5.72. The third-order valence-electron chi connectivity index (χ3n) is 8.22. The highest BCUT2D eigenvalue weighted by Gasteiger charge is 2.35. The molecule has 40 heavy (non-hydrogen) atoms. The number of hydrogen-bond acceptors (Lipinski definition) is 7. The molecule has 4 atom stereocenters. The summed E-state index contributed by atoms with van der Waals surface area (Å²) in [6, 6.07) is 15.3. The van der Waals surface area contributed by atoms with Gasteiger partial charge < -0.3 is 33.7 Å². The van der Waals surface area contributed by atoms with Crippen LogP contribution in [-0.4, -0.2) is 71.1 Å². The van der Waals surface area contributed by atoms with Crippen LogP contribution in [0.25, 0.3) is 0 Å². The van der Waals surface area contributed by atoms with Gasteiger partial charge in [0.25, 0.3) is 0 Å². The van der Waals surface area contributed by atoms with Crippen LogP contribution >= 0.6 is 0 Å². The Morgan fingerprint density at radius 2 is 1.77 bits per heavy atom. The van der Waals surface area contributed by atoms with Crippen LogP contribution in [0, 0.1) is 5.92 Å². The molecule has 1 saturated carbocycles. The summed E-state index contributed by atoms with van der Waals surface area (Å²) < 4.78 is 28.7. The van der Waals surface area contributed by atoms with E-state index >= 15 is 0 Å². The van der Waals surface area contributed by atoms with Crippen molar-refractivity contribution in [2.75, 3.05) is 58.6 Å². The molecular formula is C33H49NO6. The summed E-state index contributed by atoms with van der Waals surface area (Å²) in [5.41, 5.74) is 4.82. The summed E-state index contributed by atoms with van der Waals surface area (Å²) in [6.45, 7) is 7.58. The number of anilines is 1. The molecule has 1 aliphatic carbocycles. The lowest BCUT2D eigenvalue weighted by Crippen LogP contribution is -2.34. The van der Waals surface area contributed by atoms with Crippen LogP contribution in [0.1, 0.15) is 68.1 Å². The smallest absolute Gasteiger partial charge is 0.142 e. The zero-order chi connectivity index (χ0) is 28.2. The van der Waals surface area contributed by atoms with Crippen molar-refractivity contribution in [3.63, 3.8) is 0 Å². The summed E-state index contributed by atoms with van der Waals surface area (Å²) in [7, 11) is 3.44. The zero-order valence-electron chi connectivity index (χ0n) is 24.7. The lowest BCUT2D eigenvalue weighted by Gasteiger charge is -2.39. The number of aliphatic hydroxyl groups is 1. The second kappa shape index (κ2) is 16.3. The third-order valence-corrected chi connectivity index (χ3v) is 8.22. The number of fused-ring (bicyclic) bond motifs is 1. The summed E-state index contributed by atoms with van der Waals surface area (Å²) >= 11 is 0. The molecule has 0 unspecified atom stereocenters. The molecule has 1 heterocycles. The van der Waals surface area contributed by atoms with Crippen LogP contribution in [-0.2, 0) is 32.2 Å². The molecule has 0 saturated heterocycles. The van der Waals surface area contributed by atoms with Gasteiger partial charge in [0, 0.05) is 33.3 Å². The standard InChI is InChI=1S/C33H49NO6/c1-25(35)8-12-28-6-4-7-32(33(28)29-13-9-26(10-14-29)23-38-21-20-37-3)40-24-27-11-15-31-30(22-27)34(17-19-39-31)16-5-18-36-2/h9-11,13-15,22,25,28,32-33,35H,4-8,12,16-21,23-24H2,1-3H3/t25-,28-,32-,33+/m0/s1. The van der Waals surface area contributed by atoms with Crippen LogP contribution in [0.3, 0.4) is 0 Å². The first-order valence-corrected chi connectivity index (χ1v) is 15.0. The van der Waals surface area contributed by atoms with E-state index in [4.69, 9.17) is 23.7 Å². The Balaban J connectivity index is 1.45. The van der Waals surface area contributed by atoms with Crippen molar-refractivity contribution < 1.29 is 28.8 Å². The highest BCUT2D eigenvalue weighted by molar-refractivity contribution is 5.61. The quantitative estimate of drug-likeness (QED) is 0.266. The second-order valence-electron chi connectivity index (χ2n) is 11.3. The summed E-state index contributed by atoms with van der Waals surface area (Å²) in [4.78, 5) is 2.40. The molecule has 7 heteroatoms. The third kappa shape index (κ3) is 8.92. The Labute approximate surface area is 240 Å². The molecule has 0 aromatic heterocycles. The Morgan fingerprint density at radius 1 is 0.975 bits per heavy atom. The number of aliphatic hydroxyl groups excluding tert-OH is 1. The molecular weight excluding hydrogens is 506 g/mol. The van der Waals surface area contributed by atoms with Crippen LogP contribution < -0.4 is 9.64 Å². The highest BCUT2D eigenvalue weighted by atomic mass is 16.5. The minimum atomic E-state index is -0.280. The van der Waals surface area contributed by atoms with Crippen LogP contribution in [0.2, 0.25) is 0 Å². The molecule has 222 valence electrons. The van der Waals surface area contributed by atoms with E-state index in [1.807, 2.05) is 6.92 Å². The van der Waals surface area contributed by atoms with E-state index in [1.54, 1.807) is 14.2 Å². The number of nitrogens with zero attached hydrogens (tertiary/aromatic N) is 1. The normalized spacial score (nSPS) is 21.6. The Kier molecular flexibility index (Phi) is 12.6. The lowest BCUT2D eigenvalue weighted by molar-refractivity contribution is -0.0185. The molecule has 1 aliphatic heterocycles. The van der Waals surface area contributed by atoms with Gasteiger partial charge >= 0.3 is 0 Å². The van der Waals surface area contributed by atoms with Gasteiger partial charge in [0.1, 0.15) is 12.4 Å². The minimum absolute atomic E-state index is 0.140. The average molecular weight is 556 g/mol. The molecule has 4 rings (SSSR count). The summed E-state index contributed by atoms with van der Waals surface area (Å²) in [6.07, 6.45) is 6.06. The minimum Gasteiger partial charge on any atom is -0.490 e. The lowest BCUT2D eigenvalue weighted by atomic mass is 9.71. The number of methoxy groups -OCH3 is 2. The van der Waals surface area contributed by atoms with Gasteiger partial charge in [0.05, 0.1) is 50.9 Å². The molecule has 1 N–H and O–H groups in total. The maximum absolute atomic E-state index is 10.0. The van der Waals surface area contributed by atoms with E-state index in [9.17, 15) is 5.11 Å². The molecule has 7 nitrogen and oxygen atoms in total. The number of benzene rings is 2. The van der Waals surface area contributed by atoms with Gasteiger partial charge in [-0.3, -0.25) is 0 Å². The van der Waals surface area contributed by atoms with E-state index in [1.165, 1.54) is 23.1 Å². The number of hydrogen-bond donors (Lipinski definition) is 1. The van der Waals surface area contributed by atoms with Crippen LogP contribution in [0.5, 0.6) is 5.75 Å². The molecule has 2 aromatic carbocycles. The maximum Gasteiger partial charge on any atom is 0.142 e. The van der Waals surface area contributed by atoms with Crippen molar-refractivity contribution in [3.8, 4) is 5.75 Å². The topological polar surface area (TPSA) is 69.6 Å². The molecule has 2 aliphatic rings. The van der Waals surface area contributed by atoms with Gasteiger partial charge in [-0.05, 0) is 73.8 Å². The van der Waals surface area contributed by atoms with Gasteiger partial charge in [0.2, 0.25) is 0 Å². The van der Waals surface area contributed by atoms with Crippen molar-refractivity contribution >= 4 is 5.69 Å². The van der Waals surface area contributed by atoms with E-state index in [0.717, 1.165) is 63.2 Å². The SMILES string of the molecule is COCCCN1CCOc2ccc(CO[C@H]3CCC[C@@H](CC[C@H](C)O)[C@@H]3c3ccc(COCCOC)cc3)cc21. The molecule has 0 spiro atoms. The molecule has 2 aromatic rings. The molecule has 0 amide bonds. The summed E-state index contributed by atoms with van der Waals surface area (Å²) in [5, 5.41) is 10.0. The monoisotopic (exact) mass is 555 g/mol. The molecule has 0 bridgehead atoms. The van der Waals surface area contributed by atoms with Crippen LogP contribution in [0.4, 0.5) is 5.69 Å². The van der Waals surface area contributed by atoms with Crippen molar-refractivity contribution in [3.05, 3.63) is 59.2 Å². The zero-order valence-corrected chi connectivity index (χ0v) is 24.7. The fourth-order valence-electron chi connectivity index (χ4n) is 6.11. The Morgan fingerprint density at radius 3 is 2.55 bits per heavy atom. The van der Waals surface area contributed by atoms with Crippen molar-refractivity contribution in [2.45, 2.75) is 76.8 Å². The van der Waals surface area contributed by atoms with Gasteiger partial charge in [-0.15, -0.1) is 0 Å². The average Bonchev–Trinajstić information content (AvgIpc) is 2.98. The first-order valence-electron chi connectivity index (χ1n) is 15.0. The second-order valence-corrected chi connectivity index (χ2v) is 11.3. The van der Waals surface area contributed by atoms with E-state index in [0.29, 0.717) is 44.9 Å². The number of rotatable bonds is 16. The van der Waals surface area contributed by atoms with Gasteiger partial charge in [0.15, 0.2) is 0 Å². The first kappa shape index (κ1) is 30.8. The van der Waals surface area contributed by atoms with E-state index in [2.05, 4.69) is 47.4 Å². The van der Waals surface area contributed by atoms with E-state index in [-0.39, 0.29) is 12.2 Å². The fraction of sp³-hybridized carbons (Fsp3) is 0.636. The summed E-state index contributed by atoms with van der Waals surface area (Å²) in [5.74, 6) is 1.75. The van der Waals surface area contributed by atoms with Crippen molar-refractivity contribution in [1.29, 1.82) is 0 Å². The largest absolute Gasteiger partial charge is 0.490 e. The van der Waals surface area contributed by atoms with E-state index < -0.39 is 0 Å². The van der Waals surface area contributed by atoms with Gasteiger partial charge in [-0.2, -0.15) is 0 Å². The number of ether oxygens (including phenoxy) is 5. The molecule has 1 fully saturated rings. The highest BCUT2D eigenvalue weighted by Crippen LogP contribution is 2.43. The van der Waals surface area contributed by atoms with Crippen molar-refractivity contribution in [1.82, 2.24) is 0 Å². The predicted molar refractivity (Wildman–Crippen MR) is 158 cm³/mol. The van der Waals surface area contributed by atoms with Gasteiger partial charge in [-0.25, -0.2) is 0 Å². The fourth-order valence-corrected chi connectivity index (χ4v) is 6.11. The molecule has 0 radical (unpaired) electrons.